The fourth-order valence-electron chi connectivity index (χ4n) is 8.57. The predicted octanol–water partition coefficient (Wildman–Crippen LogP) is 14.6. The number of nitrogens with zero attached hydrogens (tertiary/aromatic N) is 2. The lowest BCUT2D eigenvalue weighted by Crippen LogP contribution is -2.14. The molecule has 0 saturated heterocycles. The number of hydrogen-bond acceptors (Lipinski definition) is 2. The molecule has 0 N–H and O–H groups in total. The number of aromatic nitrogens is 1. The summed E-state index contributed by atoms with van der Waals surface area (Å²) in [6.07, 6.45) is 0. The number of benzene rings is 9. The number of para-hydroxylation sites is 5. The molecule has 2 heterocycles. The monoisotopic (exact) mass is 702 g/mol. The van der Waals surface area contributed by atoms with Gasteiger partial charge in [0.1, 0.15) is 11.2 Å². The smallest absolute Gasteiger partial charge is 0.143 e. The highest BCUT2D eigenvalue weighted by molar-refractivity contribution is 6.19. The van der Waals surface area contributed by atoms with Gasteiger partial charge in [-0.15, -0.1) is 0 Å². The second kappa shape index (κ2) is 12.6. The van der Waals surface area contributed by atoms with E-state index in [0.29, 0.717) is 0 Å². The van der Waals surface area contributed by atoms with Gasteiger partial charge in [0.05, 0.1) is 28.1 Å². The SMILES string of the molecule is c1ccc(-c2ccccc2N(c2cccc(-c3cccc4oc5c6ccccc6ccc5c34)c2)c2ccccc2-n2c3ccccc3c3ccccc32)cc1. The summed E-state index contributed by atoms with van der Waals surface area (Å²) in [4.78, 5) is 2.44. The molecule has 0 amide bonds. The fourth-order valence-corrected chi connectivity index (χ4v) is 8.57. The average Bonchev–Trinajstić information content (AvgIpc) is 3.81. The molecule has 0 fully saturated rings. The Balaban J connectivity index is 1.18. The summed E-state index contributed by atoms with van der Waals surface area (Å²) in [5, 5.41) is 7.02. The van der Waals surface area contributed by atoms with Crippen LogP contribution < -0.4 is 4.90 Å². The van der Waals surface area contributed by atoms with E-state index in [1.807, 2.05) is 0 Å². The highest BCUT2D eigenvalue weighted by atomic mass is 16.3. The molecule has 0 aliphatic rings. The summed E-state index contributed by atoms with van der Waals surface area (Å²) in [7, 11) is 0. The zero-order valence-corrected chi connectivity index (χ0v) is 29.9. The molecule has 0 spiro atoms. The quantitative estimate of drug-likeness (QED) is 0.172. The number of rotatable bonds is 6. The standard InChI is InChI=1S/C52H34N2O/c1-2-16-35(17-3-1)39-21-6-9-26-45(39)53(48-29-12-13-30-49(48)54-46-27-10-7-23-42(46)43-24-8-11-28-47(43)54)38-20-14-19-37(34-38)40-25-15-31-50-51(40)44-33-32-36-18-4-5-22-41(36)52(44)55-50/h1-34H. The molecular weight excluding hydrogens is 669 g/mol. The first kappa shape index (κ1) is 31.2. The Morgan fingerprint density at radius 3 is 1.84 bits per heavy atom. The Kier molecular flexibility index (Phi) is 7.17. The van der Waals surface area contributed by atoms with Gasteiger partial charge in [0.15, 0.2) is 0 Å². The minimum absolute atomic E-state index is 0.886. The number of fused-ring (bicyclic) bond motifs is 8. The summed E-state index contributed by atoms with van der Waals surface area (Å²) >= 11 is 0. The Labute approximate surface area is 318 Å². The molecular formula is C52H34N2O. The first-order valence-corrected chi connectivity index (χ1v) is 18.8. The zero-order valence-electron chi connectivity index (χ0n) is 29.9. The summed E-state index contributed by atoms with van der Waals surface area (Å²) in [5.41, 5.74) is 13.1. The van der Waals surface area contributed by atoms with Crippen LogP contribution in [-0.2, 0) is 0 Å². The molecule has 0 bridgehead atoms. The van der Waals surface area contributed by atoms with Crippen LogP contribution in [0.25, 0.3) is 82.5 Å². The van der Waals surface area contributed by atoms with Gasteiger partial charge in [0, 0.05) is 38.2 Å². The van der Waals surface area contributed by atoms with Crippen LogP contribution in [0.1, 0.15) is 0 Å². The first-order chi connectivity index (χ1) is 27.3. The summed E-state index contributed by atoms with van der Waals surface area (Å²) < 4.78 is 9.04. The summed E-state index contributed by atoms with van der Waals surface area (Å²) in [6, 6.07) is 73.9. The normalized spacial score (nSPS) is 11.6. The maximum atomic E-state index is 6.62. The van der Waals surface area contributed by atoms with E-state index < -0.39 is 0 Å². The van der Waals surface area contributed by atoms with E-state index in [2.05, 4.69) is 216 Å². The van der Waals surface area contributed by atoms with Crippen LogP contribution in [0, 0.1) is 0 Å². The third-order valence-electron chi connectivity index (χ3n) is 11.0. The lowest BCUT2D eigenvalue weighted by molar-refractivity contribution is 0.673. The van der Waals surface area contributed by atoms with Crippen molar-refractivity contribution < 1.29 is 4.42 Å². The third-order valence-corrected chi connectivity index (χ3v) is 11.0. The van der Waals surface area contributed by atoms with E-state index in [1.54, 1.807) is 0 Å². The van der Waals surface area contributed by atoms with Crippen LogP contribution in [0.5, 0.6) is 0 Å². The van der Waals surface area contributed by atoms with Crippen LogP contribution >= 0.6 is 0 Å². The van der Waals surface area contributed by atoms with E-state index in [-0.39, 0.29) is 0 Å². The molecule has 3 nitrogen and oxygen atoms in total. The van der Waals surface area contributed by atoms with Crippen LogP contribution in [-0.4, -0.2) is 4.57 Å². The van der Waals surface area contributed by atoms with Gasteiger partial charge in [-0.2, -0.15) is 0 Å². The summed E-state index contributed by atoms with van der Waals surface area (Å²) in [5.74, 6) is 0. The Morgan fingerprint density at radius 2 is 1.02 bits per heavy atom. The van der Waals surface area contributed by atoms with Gasteiger partial charge in [-0.1, -0.05) is 152 Å². The van der Waals surface area contributed by atoms with Crippen LogP contribution in [0.3, 0.4) is 0 Å². The lowest BCUT2D eigenvalue weighted by atomic mass is 9.97. The van der Waals surface area contributed by atoms with Crippen molar-refractivity contribution in [2.24, 2.45) is 0 Å². The second-order valence-electron chi connectivity index (χ2n) is 14.1. The van der Waals surface area contributed by atoms with Gasteiger partial charge < -0.3 is 13.9 Å². The van der Waals surface area contributed by atoms with Crippen molar-refractivity contribution in [2.75, 3.05) is 4.90 Å². The maximum absolute atomic E-state index is 6.62. The van der Waals surface area contributed by atoms with Gasteiger partial charge in [0.25, 0.3) is 0 Å². The van der Waals surface area contributed by atoms with Crippen LogP contribution in [0.15, 0.2) is 211 Å². The van der Waals surface area contributed by atoms with Crippen LogP contribution in [0.2, 0.25) is 0 Å². The van der Waals surface area contributed by atoms with E-state index >= 15 is 0 Å². The zero-order chi connectivity index (χ0) is 36.3. The van der Waals surface area contributed by atoms with E-state index in [9.17, 15) is 0 Å². The minimum atomic E-state index is 0.886. The fraction of sp³-hybridized carbons (Fsp3) is 0. The largest absolute Gasteiger partial charge is 0.455 e. The van der Waals surface area contributed by atoms with Crippen LogP contribution in [0.4, 0.5) is 17.1 Å². The topological polar surface area (TPSA) is 21.3 Å². The highest BCUT2D eigenvalue weighted by Crippen LogP contribution is 2.46. The Morgan fingerprint density at radius 1 is 0.400 bits per heavy atom. The predicted molar refractivity (Wildman–Crippen MR) is 231 cm³/mol. The van der Waals surface area contributed by atoms with Crippen molar-refractivity contribution in [1.29, 1.82) is 0 Å². The van der Waals surface area contributed by atoms with E-state index in [1.165, 1.54) is 27.2 Å². The Bertz CT molecular complexity index is 3170. The first-order valence-electron chi connectivity index (χ1n) is 18.8. The van der Waals surface area contributed by atoms with Gasteiger partial charge in [-0.25, -0.2) is 0 Å². The molecule has 0 aliphatic heterocycles. The molecule has 0 saturated carbocycles. The molecule has 2 aromatic heterocycles. The molecule has 0 aliphatic carbocycles. The van der Waals surface area contributed by atoms with Gasteiger partial charge in [-0.3, -0.25) is 0 Å². The molecule has 11 rings (SSSR count). The van der Waals surface area contributed by atoms with Crippen molar-refractivity contribution in [3.8, 4) is 27.9 Å². The van der Waals surface area contributed by atoms with Crippen molar-refractivity contribution in [2.45, 2.75) is 0 Å². The minimum Gasteiger partial charge on any atom is -0.455 e. The summed E-state index contributed by atoms with van der Waals surface area (Å²) in [6.45, 7) is 0. The number of anilines is 3. The third kappa shape index (κ3) is 4.98. The number of furan rings is 1. The van der Waals surface area contributed by atoms with Crippen molar-refractivity contribution in [3.63, 3.8) is 0 Å². The Hall–Kier alpha value is -7.36. The molecule has 258 valence electrons. The average molecular weight is 703 g/mol. The molecule has 0 unspecified atom stereocenters. The van der Waals surface area contributed by atoms with Crippen molar-refractivity contribution in [1.82, 2.24) is 4.57 Å². The molecule has 11 aromatic rings. The van der Waals surface area contributed by atoms with Gasteiger partial charge >= 0.3 is 0 Å². The number of hydrogen-bond donors (Lipinski definition) is 0. The maximum Gasteiger partial charge on any atom is 0.143 e. The van der Waals surface area contributed by atoms with Gasteiger partial charge in [0.2, 0.25) is 0 Å². The van der Waals surface area contributed by atoms with Crippen molar-refractivity contribution in [3.05, 3.63) is 206 Å². The molecule has 3 heteroatoms. The second-order valence-corrected chi connectivity index (χ2v) is 14.1. The molecule has 0 atom stereocenters. The van der Waals surface area contributed by atoms with Crippen molar-refractivity contribution >= 4 is 71.6 Å². The van der Waals surface area contributed by atoms with E-state index in [0.717, 1.165) is 72.3 Å². The molecule has 0 radical (unpaired) electrons. The highest BCUT2D eigenvalue weighted by Gasteiger charge is 2.23. The molecule has 55 heavy (non-hydrogen) atoms. The van der Waals surface area contributed by atoms with E-state index in [4.69, 9.17) is 4.42 Å². The molecule has 9 aromatic carbocycles. The van der Waals surface area contributed by atoms with Gasteiger partial charge in [-0.05, 0) is 76.7 Å². The lowest BCUT2D eigenvalue weighted by Gasteiger charge is -2.30.